The minimum Gasteiger partial charge on any atom is -0.508 e. The van der Waals surface area contributed by atoms with E-state index in [0.29, 0.717) is 11.3 Å². The van der Waals surface area contributed by atoms with E-state index in [2.05, 4.69) is 38.5 Å². The number of carboxylic acids is 1. The Morgan fingerprint density at radius 3 is 2.11 bits per heavy atom. The summed E-state index contributed by atoms with van der Waals surface area (Å²) in [5.74, 6) is -3.73. The number of aromatic nitrogens is 2. The molecule has 4 unspecified atom stereocenters. The lowest BCUT2D eigenvalue weighted by Crippen LogP contribution is -2.58. The van der Waals surface area contributed by atoms with Crippen LogP contribution in [0.25, 0.3) is 0 Å². The van der Waals surface area contributed by atoms with Crippen molar-refractivity contribution in [3.63, 3.8) is 0 Å². The molecule has 1 aromatic heterocycles. The molecular weight excluding hydrogens is 480 g/mol. The zero-order chi connectivity index (χ0) is 26.0. The molecule has 0 aliphatic rings. The summed E-state index contributed by atoms with van der Waals surface area (Å²) in [5.41, 5.74) is 7.12. The predicted molar refractivity (Wildman–Crippen MR) is 126 cm³/mol. The lowest BCUT2D eigenvalue weighted by atomic mass is 10.1. The van der Waals surface area contributed by atoms with E-state index < -0.39 is 54.5 Å². The number of hydrogen-bond donors (Lipinski definition) is 9. The van der Waals surface area contributed by atoms with Gasteiger partial charge in [0.05, 0.1) is 19.0 Å². The van der Waals surface area contributed by atoms with Crippen LogP contribution >= 0.6 is 12.6 Å². The number of carbonyl (C=O) groups is 4. The quantitative estimate of drug-likeness (QED) is 0.132. The van der Waals surface area contributed by atoms with Crippen molar-refractivity contribution in [2.24, 2.45) is 5.73 Å². The molecule has 0 saturated carbocycles. The second-order valence-electron chi connectivity index (χ2n) is 7.64. The fraction of sp³-hybridized carbons (Fsp3) is 0.381. The van der Waals surface area contributed by atoms with E-state index in [0.717, 1.165) is 0 Å². The Hall–Kier alpha value is -3.62. The summed E-state index contributed by atoms with van der Waals surface area (Å²) in [4.78, 5) is 55.8. The predicted octanol–water partition coefficient (Wildman–Crippen LogP) is -2.31. The normalized spacial score (nSPS) is 14.3. The van der Waals surface area contributed by atoms with Gasteiger partial charge in [-0.2, -0.15) is 12.6 Å². The van der Waals surface area contributed by atoms with Crippen molar-refractivity contribution in [3.8, 4) is 5.75 Å². The molecule has 3 amide bonds. The van der Waals surface area contributed by atoms with Crippen LogP contribution in [0, 0.1) is 0 Å². The molecule has 0 spiro atoms. The minimum atomic E-state index is -1.57. The van der Waals surface area contributed by atoms with Crippen LogP contribution in [0.5, 0.6) is 5.75 Å². The standard InChI is InChI=1S/C21H28N6O7S/c22-14(5-11-1-3-13(29)4-2-11)18(30)27-17(9-35)20(32)25-15(6-12-7-23-10-24-12)19(31)26-16(8-28)21(33)34/h1-4,7,10,14-17,28-29,35H,5-6,8-9,22H2,(H,23,24)(H,25,32)(H,26,31)(H,27,30)(H,33,34). The number of benzene rings is 1. The maximum atomic E-state index is 12.8. The maximum Gasteiger partial charge on any atom is 0.328 e. The second-order valence-corrected chi connectivity index (χ2v) is 8.01. The Morgan fingerprint density at radius 2 is 1.57 bits per heavy atom. The number of aromatic hydroxyl groups is 1. The van der Waals surface area contributed by atoms with Crippen molar-refractivity contribution in [1.29, 1.82) is 0 Å². The smallest absolute Gasteiger partial charge is 0.328 e. The number of carboxylic acid groups (broad SMARTS) is 1. The third-order valence-electron chi connectivity index (χ3n) is 4.95. The Balaban J connectivity index is 2.05. The first-order valence-corrected chi connectivity index (χ1v) is 11.1. The van der Waals surface area contributed by atoms with Gasteiger partial charge in [0.1, 0.15) is 23.9 Å². The summed E-state index contributed by atoms with van der Waals surface area (Å²) < 4.78 is 0. The highest BCUT2D eigenvalue weighted by molar-refractivity contribution is 7.80. The van der Waals surface area contributed by atoms with Gasteiger partial charge in [-0.05, 0) is 24.1 Å². The van der Waals surface area contributed by atoms with Gasteiger partial charge >= 0.3 is 5.97 Å². The van der Waals surface area contributed by atoms with Gasteiger partial charge in [-0.1, -0.05) is 12.1 Å². The number of nitrogens with one attached hydrogen (secondary N) is 4. The molecule has 0 fully saturated rings. The average Bonchev–Trinajstić information content (AvgIpc) is 3.34. The fourth-order valence-corrected chi connectivity index (χ4v) is 3.26. The van der Waals surface area contributed by atoms with E-state index in [1.54, 1.807) is 12.1 Å². The number of H-pyrrole nitrogens is 1. The van der Waals surface area contributed by atoms with E-state index in [1.165, 1.54) is 24.7 Å². The van der Waals surface area contributed by atoms with E-state index in [-0.39, 0.29) is 24.3 Å². The van der Waals surface area contributed by atoms with Crippen molar-refractivity contribution in [2.75, 3.05) is 12.4 Å². The maximum absolute atomic E-state index is 12.8. The van der Waals surface area contributed by atoms with Crippen LogP contribution in [0.1, 0.15) is 11.3 Å². The number of aliphatic hydroxyl groups excluding tert-OH is 1. The number of amides is 3. The molecule has 0 aliphatic heterocycles. The SMILES string of the molecule is NC(Cc1ccc(O)cc1)C(=O)NC(CS)C(=O)NC(Cc1cnc[nH]1)C(=O)NC(CO)C(=O)O. The molecule has 1 aromatic carbocycles. The largest absolute Gasteiger partial charge is 0.508 e. The number of nitrogens with two attached hydrogens (primary N) is 1. The molecule has 1 heterocycles. The highest BCUT2D eigenvalue weighted by Crippen LogP contribution is 2.11. The Morgan fingerprint density at radius 1 is 0.971 bits per heavy atom. The Bertz CT molecular complexity index is 1000. The second kappa shape index (κ2) is 13.3. The van der Waals surface area contributed by atoms with Crippen LogP contribution in [-0.4, -0.2) is 85.5 Å². The minimum absolute atomic E-state index is 0.0665. The number of carbonyl (C=O) groups excluding carboxylic acids is 3. The molecular formula is C21H28N6O7S. The molecule has 4 atom stereocenters. The molecule has 14 heteroatoms. The van der Waals surface area contributed by atoms with Crippen molar-refractivity contribution < 1.29 is 34.5 Å². The van der Waals surface area contributed by atoms with Crippen LogP contribution < -0.4 is 21.7 Å². The molecule has 2 rings (SSSR count). The number of thiol groups is 1. The number of imidazole rings is 1. The molecule has 2 aromatic rings. The zero-order valence-electron chi connectivity index (χ0n) is 18.5. The summed E-state index contributed by atoms with van der Waals surface area (Å²) in [6, 6.07) is 1.17. The van der Waals surface area contributed by atoms with Gasteiger partial charge < -0.3 is 42.0 Å². The molecule has 0 radical (unpaired) electrons. The van der Waals surface area contributed by atoms with E-state index in [9.17, 15) is 29.4 Å². The fourth-order valence-electron chi connectivity index (χ4n) is 3.01. The topological polar surface area (TPSA) is 220 Å². The van der Waals surface area contributed by atoms with Crippen molar-refractivity contribution in [1.82, 2.24) is 25.9 Å². The van der Waals surface area contributed by atoms with Gasteiger partial charge in [0.15, 0.2) is 0 Å². The first-order chi connectivity index (χ1) is 16.6. The molecule has 35 heavy (non-hydrogen) atoms. The average molecular weight is 509 g/mol. The van der Waals surface area contributed by atoms with E-state index in [4.69, 9.17) is 10.8 Å². The number of hydrogen-bond acceptors (Lipinski definition) is 9. The van der Waals surface area contributed by atoms with Crippen LogP contribution in [0.15, 0.2) is 36.8 Å². The third kappa shape index (κ3) is 8.59. The first-order valence-electron chi connectivity index (χ1n) is 10.5. The van der Waals surface area contributed by atoms with Gasteiger partial charge in [0, 0.05) is 24.1 Å². The molecule has 0 aliphatic carbocycles. The van der Waals surface area contributed by atoms with Gasteiger partial charge in [-0.25, -0.2) is 9.78 Å². The number of rotatable bonds is 13. The molecule has 9 N–H and O–H groups in total. The highest BCUT2D eigenvalue weighted by atomic mass is 32.1. The number of aromatic amines is 1. The van der Waals surface area contributed by atoms with Gasteiger partial charge in [0.25, 0.3) is 0 Å². The number of aliphatic carboxylic acids is 1. The van der Waals surface area contributed by atoms with Crippen molar-refractivity contribution >= 4 is 36.3 Å². The van der Waals surface area contributed by atoms with E-state index in [1.807, 2.05) is 0 Å². The van der Waals surface area contributed by atoms with E-state index >= 15 is 0 Å². The van der Waals surface area contributed by atoms with Crippen LogP contribution in [0.2, 0.25) is 0 Å². The summed E-state index contributed by atoms with van der Waals surface area (Å²) in [6.45, 7) is -0.847. The van der Waals surface area contributed by atoms with Crippen LogP contribution in [-0.2, 0) is 32.0 Å². The summed E-state index contributed by atoms with van der Waals surface area (Å²) in [6.07, 6.45) is 2.87. The summed E-state index contributed by atoms with van der Waals surface area (Å²) >= 11 is 4.10. The first kappa shape index (κ1) is 27.6. The van der Waals surface area contributed by atoms with Crippen molar-refractivity contribution in [2.45, 2.75) is 37.0 Å². The number of nitrogens with zero attached hydrogens (tertiary/aromatic N) is 1. The van der Waals surface area contributed by atoms with Crippen molar-refractivity contribution in [3.05, 3.63) is 48.0 Å². The molecule has 0 bridgehead atoms. The Kier molecular flexibility index (Phi) is 10.5. The monoisotopic (exact) mass is 508 g/mol. The Labute approximate surface area is 205 Å². The summed E-state index contributed by atoms with van der Waals surface area (Å²) in [5, 5.41) is 34.7. The lowest BCUT2D eigenvalue weighted by molar-refractivity contribution is -0.143. The van der Waals surface area contributed by atoms with Gasteiger partial charge in [0.2, 0.25) is 17.7 Å². The number of aliphatic hydroxyl groups is 1. The highest BCUT2D eigenvalue weighted by Gasteiger charge is 2.30. The van der Waals surface area contributed by atoms with Gasteiger partial charge in [-0.3, -0.25) is 14.4 Å². The molecule has 0 saturated heterocycles. The third-order valence-corrected chi connectivity index (χ3v) is 5.32. The van der Waals surface area contributed by atoms with Crippen LogP contribution in [0.4, 0.5) is 0 Å². The van der Waals surface area contributed by atoms with Gasteiger partial charge in [-0.15, -0.1) is 0 Å². The number of phenolic OH excluding ortho intramolecular Hbond substituents is 1. The molecule has 13 nitrogen and oxygen atoms in total. The van der Waals surface area contributed by atoms with Crippen LogP contribution in [0.3, 0.4) is 0 Å². The summed E-state index contributed by atoms with van der Waals surface area (Å²) in [7, 11) is 0. The number of phenols is 1. The lowest BCUT2D eigenvalue weighted by Gasteiger charge is -2.24. The zero-order valence-corrected chi connectivity index (χ0v) is 19.4. The molecule has 190 valence electrons.